The molecule has 0 aliphatic heterocycles. The van der Waals surface area contributed by atoms with E-state index in [2.05, 4.69) is 16.0 Å². The van der Waals surface area contributed by atoms with Crippen LogP contribution in [0, 0.1) is 0 Å². The van der Waals surface area contributed by atoms with Crippen molar-refractivity contribution in [1.29, 1.82) is 0 Å². The maximum atomic E-state index is 11.7. The molecule has 0 aromatic carbocycles. The van der Waals surface area contributed by atoms with Crippen LogP contribution in [0.25, 0.3) is 0 Å². The zero-order valence-corrected chi connectivity index (χ0v) is 13.2. The largest absolute Gasteiger partial charge is 0.444 e. The quantitative estimate of drug-likeness (QED) is 0.570. The number of rotatable bonds is 5. The SMILES string of the molecule is CC(C)(C)OC(=O)NC1CCC(NCCNC(N)=O)CC1. The summed E-state index contributed by atoms with van der Waals surface area (Å²) in [6.45, 7) is 6.80. The number of nitrogens with two attached hydrogens (primary N) is 1. The van der Waals surface area contributed by atoms with Crippen LogP contribution in [-0.2, 0) is 4.74 Å². The van der Waals surface area contributed by atoms with Gasteiger partial charge >= 0.3 is 12.1 Å². The summed E-state index contributed by atoms with van der Waals surface area (Å²) in [7, 11) is 0. The fourth-order valence-electron chi connectivity index (χ4n) is 2.38. The molecule has 7 nitrogen and oxygen atoms in total. The fourth-order valence-corrected chi connectivity index (χ4v) is 2.38. The molecule has 1 aliphatic carbocycles. The van der Waals surface area contributed by atoms with Crippen LogP contribution in [-0.4, -0.2) is 42.9 Å². The molecule has 0 heterocycles. The van der Waals surface area contributed by atoms with Gasteiger partial charge < -0.3 is 26.4 Å². The number of urea groups is 1. The number of nitrogens with one attached hydrogen (secondary N) is 3. The van der Waals surface area contributed by atoms with E-state index in [4.69, 9.17) is 10.5 Å². The molecule has 0 aromatic rings. The van der Waals surface area contributed by atoms with Gasteiger partial charge in [-0.15, -0.1) is 0 Å². The number of carbonyl (C=O) groups is 2. The van der Waals surface area contributed by atoms with Gasteiger partial charge in [0.05, 0.1) is 0 Å². The second-order valence-corrected chi connectivity index (χ2v) is 6.44. The average Bonchev–Trinajstić information content (AvgIpc) is 2.34. The molecule has 0 bridgehead atoms. The predicted molar refractivity (Wildman–Crippen MR) is 81.0 cm³/mol. The summed E-state index contributed by atoms with van der Waals surface area (Å²) in [5.41, 5.74) is 4.53. The molecule has 0 atom stereocenters. The van der Waals surface area contributed by atoms with Crippen molar-refractivity contribution >= 4 is 12.1 Å². The molecule has 0 spiro atoms. The number of hydrogen-bond donors (Lipinski definition) is 4. The van der Waals surface area contributed by atoms with Gasteiger partial charge in [0.15, 0.2) is 0 Å². The van der Waals surface area contributed by atoms with Crippen molar-refractivity contribution in [2.45, 2.75) is 64.1 Å². The third-order valence-corrected chi connectivity index (χ3v) is 3.31. The minimum absolute atomic E-state index is 0.182. The Balaban J connectivity index is 2.14. The maximum Gasteiger partial charge on any atom is 0.407 e. The minimum Gasteiger partial charge on any atom is -0.444 e. The molecule has 21 heavy (non-hydrogen) atoms. The second-order valence-electron chi connectivity index (χ2n) is 6.44. The van der Waals surface area contributed by atoms with Gasteiger partial charge in [0.25, 0.3) is 0 Å². The van der Waals surface area contributed by atoms with E-state index in [1.54, 1.807) is 0 Å². The highest BCUT2D eigenvalue weighted by Gasteiger charge is 2.24. The van der Waals surface area contributed by atoms with Crippen molar-refractivity contribution in [2.75, 3.05) is 13.1 Å². The van der Waals surface area contributed by atoms with E-state index in [0.717, 1.165) is 25.7 Å². The van der Waals surface area contributed by atoms with Crippen LogP contribution in [0.15, 0.2) is 0 Å². The van der Waals surface area contributed by atoms with Crippen molar-refractivity contribution in [3.8, 4) is 0 Å². The maximum absolute atomic E-state index is 11.7. The number of primary amides is 1. The molecule has 0 saturated heterocycles. The van der Waals surface area contributed by atoms with Crippen molar-refractivity contribution in [3.63, 3.8) is 0 Å². The molecule has 1 rings (SSSR count). The van der Waals surface area contributed by atoms with Gasteiger partial charge in [-0.25, -0.2) is 9.59 Å². The topological polar surface area (TPSA) is 105 Å². The zero-order valence-electron chi connectivity index (χ0n) is 13.2. The summed E-state index contributed by atoms with van der Waals surface area (Å²) in [4.78, 5) is 22.2. The molecule has 0 unspecified atom stereocenters. The standard InChI is InChI=1S/C14H28N4O3/c1-14(2,3)21-13(20)18-11-6-4-10(5-7-11)16-8-9-17-12(15)19/h10-11,16H,4-9H2,1-3H3,(H,18,20)(H3,15,17,19). The van der Waals surface area contributed by atoms with E-state index < -0.39 is 11.6 Å². The first-order valence-electron chi connectivity index (χ1n) is 7.52. The molecular formula is C14H28N4O3. The first kappa shape index (κ1) is 17.6. The predicted octanol–water partition coefficient (Wildman–Crippen LogP) is 1.08. The smallest absolute Gasteiger partial charge is 0.407 e. The summed E-state index contributed by atoms with van der Waals surface area (Å²) < 4.78 is 5.25. The molecule has 1 aliphatic rings. The third-order valence-electron chi connectivity index (χ3n) is 3.31. The Morgan fingerprint density at radius 3 is 2.19 bits per heavy atom. The van der Waals surface area contributed by atoms with E-state index in [1.165, 1.54) is 0 Å². The monoisotopic (exact) mass is 300 g/mol. The highest BCUT2D eigenvalue weighted by Crippen LogP contribution is 2.19. The van der Waals surface area contributed by atoms with Gasteiger partial charge in [0, 0.05) is 25.2 Å². The molecular weight excluding hydrogens is 272 g/mol. The average molecular weight is 300 g/mol. The lowest BCUT2D eigenvalue weighted by atomic mass is 9.91. The van der Waals surface area contributed by atoms with Crippen molar-refractivity contribution in [1.82, 2.24) is 16.0 Å². The number of ether oxygens (including phenoxy) is 1. The van der Waals surface area contributed by atoms with Gasteiger partial charge in [-0.05, 0) is 46.5 Å². The molecule has 0 aromatic heterocycles. The van der Waals surface area contributed by atoms with Crippen molar-refractivity contribution < 1.29 is 14.3 Å². The molecule has 3 amide bonds. The summed E-state index contributed by atoms with van der Waals surface area (Å²) in [6, 6.07) is 0.111. The lowest BCUT2D eigenvalue weighted by Gasteiger charge is -2.30. The van der Waals surface area contributed by atoms with Crippen molar-refractivity contribution in [2.24, 2.45) is 5.73 Å². The molecule has 0 radical (unpaired) electrons. The van der Waals surface area contributed by atoms with Crippen LogP contribution in [0.3, 0.4) is 0 Å². The zero-order chi connectivity index (χ0) is 15.9. The van der Waals surface area contributed by atoms with Crippen LogP contribution < -0.4 is 21.7 Å². The molecule has 5 N–H and O–H groups in total. The summed E-state index contributed by atoms with van der Waals surface area (Å²) in [5.74, 6) is 0. The van der Waals surface area contributed by atoms with E-state index in [0.29, 0.717) is 19.1 Å². The van der Waals surface area contributed by atoms with Crippen LogP contribution in [0.2, 0.25) is 0 Å². The summed E-state index contributed by atoms with van der Waals surface area (Å²) >= 11 is 0. The summed E-state index contributed by atoms with van der Waals surface area (Å²) in [6.07, 6.45) is 3.51. The van der Waals surface area contributed by atoms with E-state index in [1.807, 2.05) is 20.8 Å². The van der Waals surface area contributed by atoms with Gasteiger partial charge in [-0.2, -0.15) is 0 Å². The van der Waals surface area contributed by atoms with Crippen LogP contribution in [0.4, 0.5) is 9.59 Å². The Morgan fingerprint density at radius 1 is 1.10 bits per heavy atom. The Bertz CT molecular complexity index is 347. The third kappa shape index (κ3) is 8.39. The summed E-state index contributed by atoms with van der Waals surface area (Å²) in [5, 5.41) is 8.83. The first-order valence-corrected chi connectivity index (χ1v) is 7.52. The van der Waals surface area contributed by atoms with Crippen LogP contribution in [0.1, 0.15) is 46.5 Å². The Kier molecular flexibility index (Phi) is 6.74. The number of amides is 3. The molecule has 1 fully saturated rings. The Hall–Kier alpha value is -1.50. The van der Waals surface area contributed by atoms with E-state index in [9.17, 15) is 9.59 Å². The van der Waals surface area contributed by atoms with Crippen LogP contribution >= 0.6 is 0 Å². The minimum atomic E-state index is -0.498. The molecule has 1 saturated carbocycles. The Labute approximate surface area is 126 Å². The molecule has 7 heteroatoms. The first-order chi connectivity index (χ1) is 9.76. The van der Waals surface area contributed by atoms with E-state index in [-0.39, 0.29) is 12.1 Å². The molecule has 122 valence electrons. The van der Waals surface area contributed by atoms with Gasteiger partial charge in [0.1, 0.15) is 5.60 Å². The van der Waals surface area contributed by atoms with E-state index >= 15 is 0 Å². The van der Waals surface area contributed by atoms with Gasteiger partial charge in [0.2, 0.25) is 0 Å². The normalized spacial score (nSPS) is 22.4. The van der Waals surface area contributed by atoms with Crippen molar-refractivity contribution in [3.05, 3.63) is 0 Å². The van der Waals surface area contributed by atoms with Crippen LogP contribution in [0.5, 0.6) is 0 Å². The highest BCUT2D eigenvalue weighted by atomic mass is 16.6. The lowest BCUT2D eigenvalue weighted by Crippen LogP contribution is -2.45. The fraction of sp³-hybridized carbons (Fsp3) is 0.857. The highest BCUT2D eigenvalue weighted by molar-refractivity contribution is 5.71. The number of carbonyl (C=O) groups excluding carboxylic acids is 2. The number of alkyl carbamates (subject to hydrolysis) is 1. The Morgan fingerprint density at radius 2 is 1.67 bits per heavy atom. The van der Waals surface area contributed by atoms with Gasteiger partial charge in [-0.1, -0.05) is 0 Å². The lowest BCUT2D eigenvalue weighted by molar-refractivity contribution is 0.0490. The second kappa shape index (κ2) is 8.07. The number of hydrogen-bond acceptors (Lipinski definition) is 4. The van der Waals surface area contributed by atoms with Gasteiger partial charge in [-0.3, -0.25) is 0 Å².